The maximum Gasteiger partial charge on any atom is 0.283 e. The average molecular weight is 439 g/mol. The molecule has 0 atom stereocenters. The Hall–Kier alpha value is -3.09. The van der Waals surface area contributed by atoms with Crippen LogP contribution in [0.1, 0.15) is 5.56 Å². The first-order valence-corrected chi connectivity index (χ1v) is 10.3. The first kappa shape index (κ1) is 20.2. The third-order valence-electron chi connectivity index (χ3n) is 4.55. The normalized spacial score (nSPS) is 13.9. The largest absolute Gasteiger partial charge is 0.348 e. The number of hydrogen-bond acceptors (Lipinski definition) is 4. The van der Waals surface area contributed by atoms with Gasteiger partial charge in [-0.05, 0) is 48.9 Å². The molecule has 7 heteroatoms. The summed E-state index contributed by atoms with van der Waals surface area (Å²) in [7, 11) is 0. The van der Waals surface area contributed by atoms with Crippen molar-refractivity contribution in [2.75, 3.05) is 10.2 Å². The standard InChI is InChI=1S/C23H16ClFN2O2S/c1-14-11-12-15(13-17(14)24)27-22(28)20(26-19-10-6-5-9-18(19)25)21(23(27)29)30-16-7-3-2-4-8-16/h2-13,26H,1H3. The summed E-state index contributed by atoms with van der Waals surface area (Å²) in [5, 5.41) is 3.27. The number of imide groups is 1. The molecule has 1 N–H and O–H groups in total. The first-order valence-electron chi connectivity index (χ1n) is 9.09. The quantitative estimate of drug-likeness (QED) is 0.513. The molecule has 0 saturated carbocycles. The van der Waals surface area contributed by atoms with Crippen molar-refractivity contribution in [2.24, 2.45) is 0 Å². The lowest BCUT2D eigenvalue weighted by Gasteiger charge is -2.16. The predicted molar refractivity (Wildman–Crippen MR) is 118 cm³/mol. The minimum atomic E-state index is -0.568. The fourth-order valence-corrected chi connectivity index (χ4v) is 4.10. The Morgan fingerprint density at radius 3 is 2.33 bits per heavy atom. The zero-order valence-electron chi connectivity index (χ0n) is 15.9. The smallest absolute Gasteiger partial charge is 0.283 e. The number of rotatable bonds is 5. The SMILES string of the molecule is Cc1ccc(N2C(=O)C(Nc3ccccc3F)=C(Sc3ccccc3)C2=O)cc1Cl. The van der Waals surface area contributed by atoms with Crippen LogP contribution in [0, 0.1) is 12.7 Å². The Kier molecular flexibility index (Phi) is 5.61. The third-order valence-corrected chi connectivity index (χ3v) is 6.05. The van der Waals surface area contributed by atoms with Gasteiger partial charge in [-0.15, -0.1) is 0 Å². The van der Waals surface area contributed by atoms with E-state index in [2.05, 4.69) is 5.32 Å². The summed E-state index contributed by atoms with van der Waals surface area (Å²) in [6, 6.07) is 20.2. The van der Waals surface area contributed by atoms with Gasteiger partial charge in [0.1, 0.15) is 16.4 Å². The summed E-state index contributed by atoms with van der Waals surface area (Å²) in [6.07, 6.45) is 0. The minimum absolute atomic E-state index is 0.0238. The topological polar surface area (TPSA) is 49.4 Å². The second-order valence-electron chi connectivity index (χ2n) is 6.60. The van der Waals surface area contributed by atoms with Gasteiger partial charge >= 0.3 is 0 Å². The molecule has 4 rings (SSSR count). The summed E-state index contributed by atoms with van der Waals surface area (Å²) in [6.45, 7) is 1.83. The van der Waals surface area contributed by atoms with Crippen LogP contribution in [0.3, 0.4) is 0 Å². The van der Waals surface area contributed by atoms with Gasteiger partial charge in [-0.1, -0.05) is 59.8 Å². The number of benzene rings is 3. The highest BCUT2D eigenvalue weighted by Gasteiger charge is 2.40. The zero-order valence-corrected chi connectivity index (χ0v) is 17.4. The molecule has 3 aromatic rings. The Morgan fingerprint density at radius 1 is 0.933 bits per heavy atom. The fourth-order valence-electron chi connectivity index (χ4n) is 2.97. The molecule has 30 heavy (non-hydrogen) atoms. The van der Waals surface area contributed by atoms with Crippen molar-refractivity contribution in [3.05, 3.63) is 99.8 Å². The van der Waals surface area contributed by atoms with Crippen molar-refractivity contribution in [1.82, 2.24) is 0 Å². The second kappa shape index (κ2) is 8.34. The number of carbonyl (C=O) groups is 2. The van der Waals surface area contributed by atoms with E-state index < -0.39 is 17.6 Å². The number of aryl methyl sites for hydroxylation is 1. The van der Waals surface area contributed by atoms with E-state index in [1.54, 1.807) is 30.3 Å². The highest BCUT2D eigenvalue weighted by molar-refractivity contribution is 8.04. The first-order chi connectivity index (χ1) is 14.5. The van der Waals surface area contributed by atoms with Crippen molar-refractivity contribution >= 4 is 46.6 Å². The van der Waals surface area contributed by atoms with E-state index in [1.165, 1.54) is 12.1 Å². The van der Waals surface area contributed by atoms with E-state index >= 15 is 0 Å². The molecule has 4 nitrogen and oxygen atoms in total. The molecule has 0 spiro atoms. The Bertz CT molecular complexity index is 1180. The summed E-state index contributed by atoms with van der Waals surface area (Å²) >= 11 is 7.36. The Morgan fingerprint density at radius 2 is 1.63 bits per heavy atom. The molecule has 0 aliphatic carbocycles. The number of para-hydroxylation sites is 1. The molecule has 3 aromatic carbocycles. The maximum absolute atomic E-state index is 14.2. The van der Waals surface area contributed by atoms with E-state index in [1.807, 2.05) is 37.3 Å². The number of nitrogens with one attached hydrogen (secondary N) is 1. The average Bonchev–Trinajstić information content (AvgIpc) is 2.96. The molecule has 1 heterocycles. The van der Waals surface area contributed by atoms with E-state index in [9.17, 15) is 14.0 Å². The van der Waals surface area contributed by atoms with Crippen LogP contribution in [0.5, 0.6) is 0 Å². The molecule has 0 bridgehead atoms. The lowest BCUT2D eigenvalue weighted by atomic mass is 10.2. The second-order valence-corrected chi connectivity index (χ2v) is 8.09. The monoisotopic (exact) mass is 438 g/mol. The molecule has 1 aliphatic rings. The van der Waals surface area contributed by atoms with E-state index in [-0.39, 0.29) is 16.3 Å². The number of halogens is 2. The Balaban J connectivity index is 1.77. The van der Waals surface area contributed by atoms with Gasteiger partial charge in [0.15, 0.2) is 0 Å². The minimum Gasteiger partial charge on any atom is -0.348 e. The highest BCUT2D eigenvalue weighted by atomic mass is 35.5. The molecule has 0 saturated heterocycles. The highest BCUT2D eigenvalue weighted by Crippen LogP contribution is 2.38. The molecule has 0 aromatic heterocycles. The van der Waals surface area contributed by atoms with Crippen LogP contribution in [0.4, 0.5) is 15.8 Å². The van der Waals surface area contributed by atoms with Crippen LogP contribution in [-0.4, -0.2) is 11.8 Å². The van der Waals surface area contributed by atoms with Crippen molar-refractivity contribution < 1.29 is 14.0 Å². The van der Waals surface area contributed by atoms with Gasteiger partial charge in [0.25, 0.3) is 11.8 Å². The maximum atomic E-state index is 14.2. The van der Waals surface area contributed by atoms with Crippen molar-refractivity contribution in [3.63, 3.8) is 0 Å². The zero-order chi connectivity index (χ0) is 21.3. The van der Waals surface area contributed by atoms with Gasteiger partial charge in [0.2, 0.25) is 0 Å². The van der Waals surface area contributed by atoms with Gasteiger partial charge in [-0.2, -0.15) is 0 Å². The molecule has 0 radical (unpaired) electrons. The third kappa shape index (κ3) is 3.84. The molecule has 1 aliphatic heterocycles. The molecular weight excluding hydrogens is 423 g/mol. The molecule has 0 unspecified atom stereocenters. The lowest BCUT2D eigenvalue weighted by Crippen LogP contribution is -2.32. The number of amides is 2. The number of carbonyl (C=O) groups excluding carboxylic acids is 2. The molecule has 2 amide bonds. The number of nitrogens with zero attached hydrogens (tertiary/aromatic N) is 1. The number of anilines is 2. The van der Waals surface area contributed by atoms with Crippen LogP contribution in [0.25, 0.3) is 0 Å². The fraction of sp³-hybridized carbons (Fsp3) is 0.0435. The van der Waals surface area contributed by atoms with Gasteiger partial charge in [0, 0.05) is 9.92 Å². The summed E-state index contributed by atoms with van der Waals surface area (Å²) < 4.78 is 14.2. The van der Waals surface area contributed by atoms with Crippen molar-refractivity contribution in [3.8, 4) is 0 Å². The van der Waals surface area contributed by atoms with E-state index in [4.69, 9.17) is 11.6 Å². The number of thioether (sulfide) groups is 1. The van der Waals surface area contributed by atoms with E-state index in [0.717, 1.165) is 27.1 Å². The van der Waals surface area contributed by atoms with Crippen LogP contribution >= 0.6 is 23.4 Å². The van der Waals surface area contributed by atoms with Gasteiger partial charge in [0.05, 0.1) is 11.4 Å². The number of hydrogen-bond donors (Lipinski definition) is 1. The molecule has 0 fully saturated rings. The van der Waals surface area contributed by atoms with Crippen LogP contribution in [0.2, 0.25) is 5.02 Å². The van der Waals surface area contributed by atoms with Crippen LogP contribution < -0.4 is 10.2 Å². The van der Waals surface area contributed by atoms with Crippen molar-refractivity contribution in [2.45, 2.75) is 11.8 Å². The summed E-state index contributed by atoms with van der Waals surface area (Å²) in [4.78, 5) is 28.5. The Labute approximate surface area is 182 Å². The molecular formula is C23H16ClFN2O2S. The summed E-state index contributed by atoms with van der Waals surface area (Å²) in [5.74, 6) is -1.58. The van der Waals surface area contributed by atoms with Gasteiger partial charge in [-0.3, -0.25) is 9.59 Å². The van der Waals surface area contributed by atoms with Crippen LogP contribution in [-0.2, 0) is 9.59 Å². The lowest BCUT2D eigenvalue weighted by molar-refractivity contribution is -0.120. The summed E-state index contributed by atoms with van der Waals surface area (Å²) in [5.41, 5.74) is 1.33. The predicted octanol–water partition coefficient (Wildman–Crippen LogP) is 5.78. The van der Waals surface area contributed by atoms with E-state index in [0.29, 0.717) is 10.7 Å². The van der Waals surface area contributed by atoms with Crippen molar-refractivity contribution in [1.29, 1.82) is 0 Å². The van der Waals surface area contributed by atoms with Gasteiger partial charge in [-0.25, -0.2) is 9.29 Å². The van der Waals surface area contributed by atoms with Crippen LogP contribution in [0.15, 0.2) is 88.3 Å². The van der Waals surface area contributed by atoms with Gasteiger partial charge < -0.3 is 5.32 Å². The molecule has 150 valence electrons.